The molecule has 0 unspecified atom stereocenters. The molecule has 20 heavy (non-hydrogen) atoms. The van der Waals surface area contributed by atoms with Crippen LogP contribution in [0.15, 0.2) is 47.4 Å². The van der Waals surface area contributed by atoms with Crippen molar-refractivity contribution in [3.8, 4) is 11.5 Å². The van der Waals surface area contributed by atoms with E-state index in [9.17, 15) is 4.21 Å². The molecule has 2 aromatic carbocycles. The zero-order valence-corrected chi connectivity index (χ0v) is 12.5. The van der Waals surface area contributed by atoms with E-state index in [1.807, 2.05) is 37.3 Å². The van der Waals surface area contributed by atoms with E-state index in [1.165, 1.54) is 0 Å². The van der Waals surface area contributed by atoms with E-state index in [2.05, 4.69) is 4.72 Å². The Morgan fingerprint density at radius 3 is 2.30 bits per heavy atom. The second-order valence-corrected chi connectivity index (χ2v) is 5.34. The molecule has 0 aliphatic heterocycles. The van der Waals surface area contributed by atoms with Crippen LogP contribution in [0, 0.1) is 6.92 Å². The third-order valence-corrected chi connectivity index (χ3v) is 4.07. The van der Waals surface area contributed by atoms with Crippen LogP contribution in [0.5, 0.6) is 11.5 Å². The van der Waals surface area contributed by atoms with Gasteiger partial charge in [-0.3, -0.25) is 0 Å². The van der Waals surface area contributed by atoms with E-state index < -0.39 is 11.0 Å². The van der Waals surface area contributed by atoms with Crippen molar-refractivity contribution >= 4 is 16.7 Å². The highest BCUT2D eigenvalue weighted by atomic mass is 32.2. The second kappa shape index (κ2) is 6.43. The monoisotopic (exact) mass is 291 g/mol. The number of nitrogens with one attached hydrogen (secondary N) is 1. The molecule has 1 atom stereocenters. The average molecular weight is 291 g/mol. The molecule has 0 aromatic heterocycles. The van der Waals surface area contributed by atoms with Gasteiger partial charge in [0.2, 0.25) is 0 Å². The fourth-order valence-corrected chi connectivity index (χ4v) is 2.99. The smallest absolute Gasteiger partial charge is 0.154 e. The van der Waals surface area contributed by atoms with Crippen molar-refractivity contribution in [1.29, 1.82) is 0 Å². The van der Waals surface area contributed by atoms with Gasteiger partial charge in [0.15, 0.2) is 11.0 Å². The Labute approximate surface area is 121 Å². The summed E-state index contributed by atoms with van der Waals surface area (Å²) in [4.78, 5) is 0.592. The molecule has 0 aliphatic carbocycles. The van der Waals surface area contributed by atoms with Crippen molar-refractivity contribution in [3.63, 3.8) is 0 Å². The van der Waals surface area contributed by atoms with Gasteiger partial charge in [0.05, 0.1) is 14.2 Å². The van der Waals surface area contributed by atoms with Crippen LogP contribution in [0.25, 0.3) is 0 Å². The first-order valence-corrected chi connectivity index (χ1v) is 7.27. The van der Waals surface area contributed by atoms with Gasteiger partial charge in [-0.15, -0.1) is 0 Å². The Morgan fingerprint density at radius 1 is 1.00 bits per heavy atom. The minimum Gasteiger partial charge on any atom is -0.496 e. The maximum absolute atomic E-state index is 12.4. The van der Waals surface area contributed by atoms with Crippen molar-refractivity contribution in [3.05, 3.63) is 48.0 Å². The van der Waals surface area contributed by atoms with Gasteiger partial charge in [0, 0.05) is 11.3 Å². The highest BCUT2D eigenvalue weighted by Gasteiger charge is 2.16. The number of rotatable bonds is 5. The van der Waals surface area contributed by atoms with Crippen molar-refractivity contribution in [1.82, 2.24) is 0 Å². The Kier molecular flexibility index (Phi) is 4.63. The van der Waals surface area contributed by atoms with Crippen LogP contribution in [-0.4, -0.2) is 18.4 Å². The maximum atomic E-state index is 12.4. The highest BCUT2D eigenvalue weighted by Crippen LogP contribution is 2.33. The standard InChI is InChI=1S/C15H17NO3S/c1-11-13(18-2)9-10-14(15(11)19-3)20(17)16-12-7-5-4-6-8-12/h4-10,16H,1-3H3/t20-/m0/s1. The largest absolute Gasteiger partial charge is 0.496 e. The summed E-state index contributed by atoms with van der Waals surface area (Å²) in [6, 6.07) is 12.9. The van der Waals surface area contributed by atoms with Gasteiger partial charge >= 0.3 is 0 Å². The second-order valence-electron chi connectivity index (χ2n) is 4.16. The van der Waals surface area contributed by atoms with Gasteiger partial charge in [-0.05, 0) is 31.2 Å². The van der Waals surface area contributed by atoms with Crippen LogP contribution in [0.3, 0.4) is 0 Å². The summed E-state index contributed by atoms with van der Waals surface area (Å²) in [5.41, 5.74) is 1.62. The number of anilines is 1. The Balaban J connectivity index is 2.33. The first-order valence-electron chi connectivity index (χ1n) is 6.12. The zero-order valence-electron chi connectivity index (χ0n) is 11.7. The van der Waals surface area contributed by atoms with Crippen molar-refractivity contribution in [2.75, 3.05) is 18.9 Å². The van der Waals surface area contributed by atoms with Gasteiger partial charge in [-0.2, -0.15) is 0 Å². The molecule has 0 fully saturated rings. The van der Waals surface area contributed by atoms with E-state index in [4.69, 9.17) is 9.47 Å². The summed E-state index contributed by atoms with van der Waals surface area (Å²) in [5, 5.41) is 0. The Morgan fingerprint density at radius 2 is 1.70 bits per heavy atom. The number of benzene rings is 2. The van der Waals surface area contributed by atoms with Crippen LogP contribution in [0.1, 0.15) is 5.56 Å². The van der Waals surface area contributed by atoms with Crippen LogP contribution in [0.2, 0.25) is 0 Å². The lowest BCUT2D eigenvalue weighted by atomic mass is 10.2. The van der Waals surface area contributed by atoms with E-state index in [1.54, 1.807) is 26.4 Å². The van der Waals surface area contributed by atoms with E-state index in [0.29, 0.717) is 16.4 Å². The van der Waals surface area contributed by atoms with Gasteiger partial charge < -0.3 is 14.2 Å². The molecule has 4 nitrogen and oxygen atoms in total. The summed E-state index contributed by atoms with van der Waals surface area (Å²) in [5.74, 6) is 1.29. The highest BCUT2D eigenvalue weighted by molar-refractivity contribution is 7.86. The summed E-state index contributed by atoms with van der Waals surface area (Å²) in [6.45, 7) is 1.88. The first kappa shape index (κ1) is 14.4. The number of para-hydroxylation sites is 1. The molecule has 0 amide bonds. The molecule has 2 rings (SSSR count). The normalized spacial score (nSPS) is 11.8. The van der Waals surface area contributed by atoms with Crippen molar-refractivity contribution < 1.29 is 13.7 Å². The summed E-state index contributed by atoms with van der Waals surface area (Å²) in [6.07, 6.45) is 0. The minimum absolute atomic E-state index is 0.575. The Hall–Kier alpha value is -2.01. The summed E-state index contributed by atoms with van der Waals surface area (Å²) >= 11 is 0. The number of methoxy groups -OCH3 is 2. The fourth-order valence-electron chi connectivity index (χ4n) is 1.94. The Bertz CT molecular complexity index is 614. The molecule has 2 aromatic rings. The summed E-state index contributed by atoms with van der Waals surface area (Å²) < 4.78 is 26.0. The third-order valence-electron chi connectivity index (χ3n) is 2.93. The molecule has 5 heteroatoms. The molecule has 0 spiro atoms. The predicted octanol–water partition coefficient (Wildman–Crippen LogP) is 3.15. The number of hydrogen-bond acceptors (Lipinski definition) is 3. The molecule has 0 saturated carbocycles. The molecule has 0 saturated heterocycles. The van der Waals surface area contributed by atoms with Crippen molar-refractivity contribution in [2.24, 2.45) is 0 Å². The fraction of sp³-hybridized carbons (Fsp3) is 0.200. The molecular weight excluding hydrogens is 274 g/mol. The zero-order chi connectivity index (χ0) is 14.5. The van der Waals surface area contributed by atoms with E-state index >= 15 is 0 Å². The topological polar surface area (TPSA) is 47.6 Å². The molecular formula is C15H17NO3S. The average Bonchev–Trinajstić information content (AvgIpc) is 2.47. The molecule has 106 valence electrons. The van der Waals surface area contributed by atoms with Crippen LogP contribution in [-0.2, 0) is 11.0 Å². The molecule has 0 bridgehead atoms. The third kappa shape index (κ3) is 2.93. The lowest BCUT2D eigenvalue weighted by molar-refractivity contribution is 0.381. The molecule has 0 radical (unpaired) electrons. The van der Waals surface area contributed by atoms with Crippen molar-refractivity contribution in [2.45, 2.75) is 11.8 Å². The lowest BCUT2D eigenvalue weighted by Crippen LogP contribution is -2.07. The molecule has 1 N–H and O–H groups in total. The predicted molar refractivity (Wildman–Crippen MR) is 80.8 cm³/mol. The lowest BCUT2D eigenvalue weighted by Gasteiger charge is -2.14. The molecule has 0 aliphatic rings. The number of hydrogen-bond donors (Lipinski definition) is 1. The minimum atomic E-state index is -1.40. The maximum Gasteiger partial charge on any atom is 0.154 e. The van der Waals surface area contributed by atoms with E-state index in [0.717, 1.165) is 11.3 Å². The van der Waals surface area contributed by atoms with E-state index in [-0.39, 0.29) is 0 Å². The van der Waals surface area contributed by atoms with Gasteiger partial charge in [0.1, 0.15) is 16.4 Å². The van der Waals surface area contributed by atoms with Crippen LogP contribution in [0.4, 0.5) is 5.69 Å². The molecule has 0 heterocycles. The SMILES string of the molecule is COc1ccc([S@](=O)Nc2ccccc2)c(OC)c1C. The number of ether oxygens (including phenoxy) is 2. The quantitative estimate of drug-likeness (QED) is 0.920. The summed E-state index contributed by atoms with van der Waals surface area (Å²) in [7, 11) is 1.76. The first-order chi connectivity index (χ1) is 9.67. The van der Waals surface area contributed by atoms with Gasteiger partial charge in [-0.25, -0.2) is 4.21 Å². The van der Waals surface area contributed by atoms with Gasteiger partial charge in [-0.1, -0.05) is 18.2 Å². The van der Waals surface area contributed by atoms with Crippen LogP contribution >= 0.6 is 0 Å². The van der Waals surface area contributed by atoms with Gasteiger partial charge in [0.25, 0.3) is 0 Å². The van der Waals surface area contributed by atoms with Crippen LogP contribution < -0.4 is 14.2 Å².